The molecular weight excluding hydrogens is 200 g/mol. The van der Waals surface area contributed by atoms with Gasteiger partial charge in [-0.25, -0.2) is 0 Å². The lowest BCUT2D eigenvalue weighted by atomic mass is 9.95. The van der Waals surface area contributed by atoms with Crippen LogP contribution in [0.2, 0.25) is 0 Å². The first-order chi connectivity index (χ1) is 7.34. The van der Waals surface area contributed by atoms with Crippen LogP contribution in [0.25, 0.3) is 0 Å². The third kappa shape index (κ3) is 2.43. The lowest BCUT2D eigenvalue weighted by Gasteiger charge is -2.17. The van der Waals surface area contributed by atoms with Crippen LogP contribution in [0.5, 0.6) is 5.75 Å². The number of benzene rings is 1. The first-order valence-electron chi connectivity index (χ1n) is 5.63. The third-order valence-electron chi connectivity index (χ3n) is 2.76. The molecule has 0 aliphatic heterocycles. The molecule has 0 aliphatic carbocycles. The molecule has 0 saturated heterocycles. The van der Waals surface area contributed by atoms with E-state index in [2.05, 4.69) is 0 Å². The number of carbonyl (C=O) groups excluding carboxylic acids is 1. The van der Waals surface area contributed by atoms with E-state index in [0.29, 0.717) is 0 Å². The summed E-state index contributed by atoms with van der Waals surface area (Å²) in [6.45, 7) is 11.5. The molecule has 1 rings (SSSR count). The molecule has 0 atom stereocenters. The highest BCUT2D eigenvalue weighted by Gasteiger charge is 2.14. The van der Waals surface area contributed by atoms with E-state index in [1.807, 2.05) is 40.7 Å². The van der Waals surface area contributed by atoms with Gasteiger partial charge in [0.1, 0.15) is 5.75 Å². The van der Waals surface area contributed by atoms with Crippen molar-refractivity contribution in [2.75, 3.05) is 0 Å². The maximum Gasteiger partial charge on any atom is 0.160 e. The average Bonchev–Trinajstić information content (AvgIpc) is 2.12. The number of hydrogen-bond acceptors (Lipinski definition) is 2. The predicted molar refractivity (Wildman–Crippen MR) is 66.4 cm³/mol. The molecule has 16 heavy (non-hydrogen) atoms. The van der Waals surface area contributed by atoms with Crippen LogP contribution in [0.15, 0.2) is 6.07 Å². The Morgan fingerprint density at radius 1 is 1.19 bits per heavy atom. The van der Waals surface area contributed by atoms with Crippen molar-refractivity contribution in [1.29, 1.82) is 0 Å². The Hall–Kier alpha value is -1.31. The van der Waals surface area contributed by atoms with Crippen molar-refractivity contribution in [3.63, 3.8) is 0 Å². The molecule has 0 N–H and O–H groups in total. The fourth-order valence-electron chi connectivity index (χ4n) is 1.96. The van der Waals surface area contributed by atoms with Crippen LogP contribution in [0.1, 0.15) is 47.8 Å². The molecule has 0 amide bonds. The van der Waals surface area contributed by atoms with Gasteiger partial charge in [0, 0.05) is 5.56 Å². The maximum atomic E-state index is 11.5. The fourth-order valence-corrected chi connectivity index (χ4v) is 1.96. The second-order valence-corrected chi connectivity index (χ2v) is 4.54. The van der Waals surface area contributed by atoms with Crippen LogP contribution in [0.4, 0.5) is 0 Å². The van der Waals surface area contributed by atoms with Crippen molar-refractivity contribution in [3.8, 4) is 5.75 Å². The SMILES string of the molecule is CC(=O)c1c(C)cc(OC(C)C)c(C)c1C. The van der Waals surface area contributed by atoms with Gasteiger partial charge < -0.3 is 4.74 Å². The molecule has 2 heteroatoms. The van der Waals surface area contributed by atoms with Crippen LogP contribution in [-0.4, -0.2) is 11.9 Å². The molecule has 0 aliphatic rings. The molecule has 0 bridgehead atoms. The Morgan fingerprint density at radius 2 is 1.75 bits per heavy atom. The van der Waals surface area contributed by atoms with E-state index >= 15 is 0 Å². The molecule has 0 radical (unpaired) electrons. The number of aryl methyl sites for hydroxylation is 1. The summed E-state index contributed by atoms with van der Waals surface area (Å²) in [5.74, 6) is 1.00. The normalized spacial score (nSPS) is 10.7. The summed E-state index contributed by atoms with van der Waals surface area (Å²) in [6, 6.07) is 1.96. The summed E-state index contributed by atoms with van der Waals surface area (Å²) >= 11 is 0. The number of Topliss-reactive ketones (excluding diaryl/α,β-unsaturated/α-hetero) is 1. The smallest absolute Gasteiger partial charge is 0.160 e. The Balaban J connectivity index is 3.33. The van der Waals surface area contributed by atoms with Crippen molar-refractivity contribution in [3.05, 3.63) is 28.3 Å². The summed E-state index contributed by atoms with van der Waals surface area (Å²) < 4.78 is 5.73. The lowest BCUT2D eigenvalue weighted by molar-refractivity contribution is 0.101. The van der Waals surface area contributed by atoms with Crippen molar-refractivity contribution >= 4 is 5.78 Å². The number of ketones is 1. The highest BCUT2D eigenvalue weighted by Crippen LogP contribution is 2.28. The molecule has 0 heterocycles. The van der Waals surface area contributed by atoms with Crippen LogP contribution in [0, 0.1) is 20.8 Å². The second kappa shape index (κ2) is 4.69. The van der Waals surface area contributed by atoms with Crippen molar-refractivity contribution < 1.29 is 9.53 Å². The van der Waals surface area contributed by atoms with E-state index in [-0.39, 0.29) is 11.9 Å². The van der Waals surface area contributed by atoms with Crippen LogP contribution >= 0.6 is 0 Å². The summed E-state index contributed by atoms with van der Waals surface area (Å²) in [4.78, 5) is 11.5. The number of carbonyl (C=O) groups is 1. The Morgan fingerprint density at radius 3 is 2.19 bits per heavy atom. The molecule has 0 spiro atoms. The van der Waals surface area contributed by atoms with Crippen LogP contribution in [-0.2, 0) is 0 Å². The molecule has 0 saturated carbocycles. The molecule has 0 unspecified atom stereocenters. The topological polar surface area (TPSA) is 26.3 Å². The van der Waals surface area contributed by atoms with Crippen LogP contribution in [0.3, 0.4) is 0 Å². The van der Waals surface area contributed by atoms with Gasteiger partial charge in [-0.05, 0) is 64.3 Å². The highest BCUT2D eigenvalue weighted by atomic mass is 16.5. The molecule has 1 aromatic rings. The van der Waals surface area contributed by atoms with Gasteiger partial charge in [0.25, 0.3) is 0 Å². The minimum atomic E-state index is 0.120. The summed E-state index contributed by atoms with van der Waals surface area (Å²) in [5, 5.41) is 0. The second-order valence-electron chi connectivity index (χ2n) is 4.54. The maximum absolute atomic E-state index is 11.5. The first kappa shape index (κ1) is 12.8. The van der Waals surface area contributed by atoms with Gasteiger partial charge in [-0.2, -0.15) is 0 Å². The van der Waals surface area contributed by atoms with Gasteiger partial charge >= 0.3 is 0 Å². The minimum Gasteiger partial charge on any atom is -0.491 e. The largest absolute Gasteiger partial charge is 0.491 e. The Kier molecular flexibility index (Phi) is 3.74. The van der Waals surface area contributed by atoms with E-state index in [0.717, 1.165) is 28.0 Å². The van der Waals surface area contributed by atoms with Gasteiger partial charge in [0.05, 0.1) is 6.10 Å². The molecule has 0 fully saturated rings. The van der Waals surface area contributed by atoms with Crippen molar-refractivity contribution in [2.24, 2.45) is 0 Å². The Labute approximate surface area is 97.6 Å². The molecule has 2 nitrogen and oxygen atoms in total. The molecule has 0 aromatic heterocycles. The monoisotopic (exact) mass is 220 g/mol. The van der Waals surface area contributed by atoms with E-state index < -0.39 is 0 Å². The number of rotatable bonds is 3. The molecule has 88 valence electrons. The number of ether oxygens (including phenoxy) is 1. The summed E-state index contributed by atoms with van der Waals surface area (Å²) in [7, 11) is 0. The van der Waals surface area contributed by atoms with Crippen molar-refractivity contribution in [2.45, 2.75) is 47.6 Å². The van der Waals surface area contributed by atoms with Gasteiger partial charge in [0.15, 0.2) is 5.78 Å². The van der Waals surface area contributed by atoms with E-state index in [4.69, 9.17) is 4.74 Å². The highest BCUT2D eigenvalue weighted by molar-refractivity contribution is 5.97. The Bertz CT molecular complexity index is 417. The molecular formula is C14H20O2. The van der Waals surface area contributed by atoms with E-state index in [1.54, 1.807) is 6.92 Å². The third-order valence-corrected chi connectivity index (χ3v) is 2.76. The van der Waals surface area contributed by atoms with Crippen LogP contribution < -0.4 is 4.74 Å². The molecule has 1 aromatic carbocycles. The lowest BCUT2D eigenvalue weighted by Crippen LogP contribution is -2.10. The van der Waals surface area contributed by atoms with Gasteiger partial charge in [-0.1, -0.05) is 0 Å². The standard InChI is InChI=1S/C14H20O2/c1-8(2)16-13-7-9(3)14(12(6)15)11(5)10(13)4/h7-8H,1-6H3. The average molecular weight is 220 g/mol. The first-order valence-corrected chi connectivity index (χ1v) is 5.63. The number of hydrogen-bond donors (Lipinski definition) is 0. The zero-order chi connectivity index (χ0) is 12.5. The van der Waals surface area contributed by atoms with E-state index in [1.165, 1.54) is 0 Å². The summed E-state index contributed by atoms with van der Waals surface area (Å²) in [5.41, 5.74) is 3.91. The van der Waals surface area contributed by atoms with Gasteiger partial charge in [-0.3, -0.25) is 4.79 Å². The van der Waals surface area contributed by atoms with Gasteiger partial charge in [0.2, 0.25) is 0 Å². The zero-order valence-electron chi connectivity index (χ0n) is 11.0. The predicted octanol–water partition coefficient (Wildman–Crippen LogP) is 3.60. The fraction of sp³-hybridized carbons (Fsp3) is 0.500. The van der Waals surface area contributed by atoms with Gasteiger partial charge in [-0.15, -0.1) is 0 Å². The van der Waals surface area contributed by atoms with E-state index in [9.17, 15) is 4.79 Å². The minimum absolute atomic E-state index is 0.120. The quantitative estimate of drug-likeness (QED) is 0.727. The zero-order valence-corrected chi connectivity index (χ0v) is 11.0. The summed E-state index contributed by atoms with van der Waals surface area (Å²) in [6.07, 6.45) is 0.153. The van der Waals surface area contributed by atoms with Crippen molar-refractivity contribution in [1.82, 2.24) is 0 Å².